The van der Waals surface area contributed by atoms with E-state index in [4.69, 9.17) is 14.2 Å². The lowest BCUT2D eigenvalue weighted by atomic mass is 9.59. The summed E-state index contributed by atoms with van der Waals surface area (Å²) in [5, 5.41) is 0. The molecule has 2 bridgehead atoms. The van der Waals surface area contributed by atoms with Gasteiger partial charge in [0.15, 0.2) is 0 Å². The molecule has 3 fully saturated rings. The number of ether oxygens (including phenoxy) is 3. The molecule has 0 radical (unpaired) electrons. The standard InChI is InChI=1S/C12H16O5/c1-7(13)15-5-12-6-16-10(14)11(12,2)8-3-4-9(12)17-8/h8-9H,3-6H2,1-2H3. The van der Waals surface area contributed by atoms with Crippen LogP contribution in [0.5, 0.6) is 0 Å². The zero-order valence-corrected chi connectivity index (χ0v) is 10.0. The van der Waals surface area contributed by atoms with E-state index >= 15 is 0 Å². The van der Waals surface area contributed by atoms with Crippen LogP contribution in [-0.2, 0) is 23.8 Å². The molecule has 0 aliphatic carbocycles. The van der Waals surface area contributed by atoms with Gasteiger partial charge in [0.1, 0.15) is 18.6 Å². The van der Waals surface area contributed by atoms with Crippen molar-refractivity contribution in [3.8, 4) is 0 Å². The molecule has 3 aliphatic heterocycles. The average Bonchev–Trinajstić information content (AvgIpc) is 2.90. The lowest BCUT2D eigenvalue weighted by Gasteiger charge is -2.38. The van der Waals surface area contributed by atoms with E-state index in [0.29, 0.717) is 6.61 Å². The van der Waals surface area contributed by atoms with Gasteiger partial charge in [-0.2, -0.15) is 0 Å². The fourth-order valence-electron chi connectivity index (χ4n) is 3.56. The molecular formula is C12H16O5. The van der Waals surface area contributed by atoms with Gasteiger partial charge in [-0.15, -0.1) is 0 Å². The first-order valence-corrected chi connectivity index (χ1v) is 5.97. The lowest BCUT2D eigenvalue weighted by Crippen LogP contribution is -2.52. The highest BCUT2D eigenvalue weighted by Crippen LogP contribution is 2.63. The van der Waals surface area contributed by atoms with Gasteiger partial charge in [0, 0.05) is 6.92 Å². The van der Waals surface area contributed by atoms with Gasteiger partial charge in [0.05, 0.1) is 17.6 Å². The van der Waals surface area contributed by atoms with Crippen LogP contribution in [0.15, 0.2) is 0 Å². The Hall–Kier alpha value is -1.10. The van der Waals surface area contributed by atoms with Crippen molar-refractivity contribution in [1.82, 2.24) is 0 Å². The first-order chi connectivity index (χ1) is 8.00. The van der Waals surface area contributed by atoms with Gasteiger partial charge in [-0.1, -0.05) is 0 Å². The second-order valence-electron chi connectivity index (χ2n) is 5.41. The van der Waals surface area contributed by atoms with Crippen LogP contribution in [0.4, 0.5) is 0 Å². The summed E-state index contributed by atoms with van der Waals surface area (Å²) in [4.78, 5) is 23.0. The van der Waals surface area contributed by atoms with E-state index in [1.165, 1.54) is 6.92 Å². The molecule has 0 aromatic carbocycles. The summed E-state index contributed by atoms with van der Waals surface area (Å²) in [5.74, 6) is -0.541. The highest BCUT2D eigenvalue weighted by molar-refractivity contribution is 5.82. The molecule has 3 aliphatic rings. The van der Waals surface area contributed by atoms with Gasteiger partial charge in [-0.3, -0.25) is 9.59 Å². The number of fused-ring (bicyclic) bond motifs is 5. The zero-order valence-electron chi connectivity index (χ0n) is 10.0. The number of carbonyl (C=O) groups excluding carboxylic acids is 2. The monoisotopic (exact) mass is 240 g/mol. The Kier molecular flexibility index (Phi) is 2.09. The normalized spacial score (nSPS) is 46.8. The molecule has 3 saturated heterocycles. The Bertz CT molecular complexity index is 392. The van der Waals surface area contributed by atoms with Crippen molar-refractivity contribution in [2.24, 2.45) is 10.8 Å². The largest absolute Gasteiger partial charge is 0.465 e. The van der Waals surface area contributed by atoms with Crippen LogP contribution < -0.4 is 0 Å². The molecule has 17 heavy (non-hydrogen) atoms. The maximum atomic E-state index is 12.0. The molecule has 94 valence electrons. The Morgan fingerprint density at radius 3 is 2.88 bits per heavy atom. The number of cyclic esters (lactones) is 1. The fraction of sp³-hybridized carbons (Fsp3) is 0.833. The van der Waals surface area contributed by atoms with Crippen molar-refractivity contribution in [2.45, 2.75) is 38.9 Å². The van der Waals surface area contributed by atoms with E-state index in [2.05, 4.69) is 0 Å². The summed E-state index contributed by atoms with van der Waals surface area (Å²) in [7, 11) is 0. The van der Waals surface area contributed by atoms with Gasteiger partial charge in [0.25, 0.3) is 0 Å². The number of hydrogen-bond acceptors (Lipinski definition) is 5. The third kappa shape index (κ3) is 1.13. The van der Waals surface area contributed by atoms with Crippen LogP contribution in [0, 0.1) is 10.8 Å². The zero-order chi connectivity index (χ0) is 12.3. The van der Waals surface area contributed by atoms with Gasteiger partial charge >= 0.3 is 11.9 Å². The molecule has 4 unspecified atom stereocenters. The molecular weight excluding hydrogens is 224 g/mol. The number of hydrogen-bond donors (Lipinski definition) is 0. The molecule has 0 saturated carbocycles. The van der Waals surface area contributed by atoms with E-state index in [0.717, 1.165) is 12.8 Å². The highest BCUT2D eigenvalue weighted by atomic mass is 16.6. The maximum Gasteiger partial charge on any atom is 0.315 e. The van der Waals surface area contributed by atoms with Crippen molar-refractivity contribution in [3.63, 3.8) is 0 Å². The van der Waals surface area contributed by atoms with Gasteiger partial charge in [-0.25, -0.2) is 0 Å². The number of carbonyl (C=O) groups is 2. The van der Waals surface area contributed by atoms with Crippen molar-refractivity contribution < 1.29 is 23.8 Å². The van der Waals surface area contributed by atoms with E-state index < -0.39 is 10.8 Å². The lowest BCUT2D eigenvalue weighted by molar-refractivity contribution is -0.152. The van der Waals surface area contributed by atoms with E-state index in [-0.39, 0.29) is 30.8 Å². The van der Waals surface area contributed by atoms with Gasteiger partial charge in [0.2, 0.25) is 0 Å². The predicted octanol–water partition coefficient (Wildman–Crippen LogP) is 0.660. The second-order valence-corrected chi connectivity index (χ2v) is 5.41. The SMILES string of the molecule is CC(=O)OCC12COC(=O)C1(C)C1CCC2O1. The third-order valence-corrected chi connectivity index (χ3v) is 4.73. The van der Waals surface area contributed by atoms with Crippen molar-refractivity contribution in [2.75, 3.05) is 13.2 Å². The molecule has 5 nitrogen and oxygen atoms in total. The minimum atomic E-state index is -0.647. The number of esters is 2. The molecule has 4 atom stereocenters. The van der Waals surface area contributed by atoms with Crippen LogP contribution in [-0.4, -0.2) is 37.4 Å². The Morgan fingerprint density at radius 2 is 2.18 bits per heavy atom. The van der Waals surface area contributed by atoms with E-state index in [1.54, 1.807) is 0 Å². The first kappa shape index (κ1) is 11.0. The molecule has 3 heterocycles. The Morgan fingerprint density at radius 1 is 1.47 bits per heavy atom. The molecule has 0 aromatic rings. The fourth-order valence-corrected chi connectivity index (χ4v) is 3.56. The van der Waals surface area contributed by atoms with Gasteiger partial charge < -0.3 is 14.2 Å². The maximum absolute atomic E-state index is 12.0. The highest BCUT2D eigenvalue weighted by Gasteiger charge is 2.75. The third-order valence-electron chi connectivity index (χ3n) is 4.73. The summed E-state index contributed by atoms with van der Waals surface area (Å²) < 4.78 is 16.2. The van der Waals surface area contributed by atoms with Gasteiger partial charge in [-0.05, 0) is 19.8 Å². The molecule has 0 N–H and O–H groups in total. The van der Waals surface area contributed by atoms with Crippen LogP contribution in [0.2, 0.25) is 0 Å². The summed E-state index contributed by atoms with van der Waals surface area (Å²) in [5.41, 5.74) is -1.12. The molecule has 0 spiro atoms. The Labute approximate surface area is 99.4 Å². The van der Waals surface area contributed by atoms with Crippen molar-refractivity contribution >= 4 is 11.9 Å². The second kappa shape index (κ2) is 3.22. The average molecular weight is 240 g/mol. The molecule has 5 heteroatoms. The van der Waals surface area contributed by atoms with Crippen LogP contribution in [0.1, 0.15) is 26.7 Å². The summed E-state index contributed by atoms with van der Waals surface area (Å²) >= 11 is 0. The summed E-state index contributed by atoms with van der Waals surface area (Å²) in [6.45, 7) is 3.78. The van der Waals surface area contributed by atoms with E-state index in [9.17, 15) is 9.59 Å². The molecule has 3 rings (SSSR count). The summed E-state index contributed by atoms with van der Waals surface area (Å²) in [6.07, 6.45) is 1.69. The first-order valence-electron chi connectivity index (χ1n) is 5.97. The van der Waals surface area contributed by atoms with Crippen LogP contribution in [0.3, 0.4) is 0 Å². The quantitative estimate of drug-likeness (QED) is 0.663. The summed E-state index contributed by atoms with van der Waals surface area (Å²) in [6, 6.07) is 0. The Balaban J connectivity index is 1.95. The topological polar surface area (TPSA) is 61.8 Å². The van der Waals surface area contributed by atoms with Crippen molar-refractivity contribution in [1.29, 1.82) is 0 Å². The van der Waals surface area contributed by atoms with Crippen molar-refractivity contribution in [3.05, 3.63) is 0 Å². The minimum Gasteiger partial charge on any atom is -0.465 e. The number of rotatable bonds is 2. The minimum absolute atomic E-state index is 0.0247. The predicted molar refractivity (Wildman–Crippen MR) is 56.0 cm³/mol. The van der Waals surface area contributed by atoms with Crippen LogP contribution >= 0.6 is 0 Å². The van der Waals surface area contributed by atoms with Crippen LogP contribution in [0.25, 0.3) is 0 Å². The molecule has 0 amide bonds. The smallest absolute Gasteiger partial charge is 0.315 e. The van der Waals surface area contributed by atoms with E-state index in [1.807, 2.05) is 6.92 Å². The molecule has 0 aromatic heterocycles.